The van der Waals surface area contributed by atoms with E-state index >= 15 is 0 Å². The lowest BCUT2D eigenvalue weighted by Crippen LogP contribution is -2.33. The summed E-state index contributed by atoms with van der Waals surface area (Å²) in [5, 5.41) is 13.6. The van der Waals surface area contributed by atoms with Gasteiger partial charge < -0.3 is 9.88 Å². The number of carbonyl (C=O) groups excluding carboxylic acids is 1. The van der Waals surface area contributed by atoms with E-state index in [1.165, 1.54) is 11.3 Å². The highest BCUT2D eigenvalue weighted by Gasteiger charge is 2.20. The van der Waals surface area contributed by atoms with Gasteiger partial charge in [-0.2, -0.15) is 5.26 Å². The molecular formula is C14H14N4OS. The minimum absolute atomic E-state index is 0.145. The molecule has 1 N–H and O–H groups in total. The van der Waals surface area contributed by atoms with Gasteiger partial charge in [0.05, 0.1) is 5.56 Å². The standard InChI is InChI=1S/C14H14N4OS/c15-7-11-3-6-20-13(11)14(19)17-8-10-1-2-12-16-4-5-18(12)9-10/h3-6,10H,1-2,8-9H2,(H,17,19). The second-order valence-electron chi connectivity index (χ2n) is 4.89. The van der Waals surface area contributed by atoms with Crippen LogP contribution in [0.5, 0.6) is 0 Å². The molecule has 0 aromatic carbocycles. The summed E-state index contributed by atoms with van der Waals surface area (Å²) in [6, 6.07) is 3.72. The molecule has 102 valence electrons. The van der Waals surface area contributed by atoms with Crippen molar-refractivity contribution in [3.63, 3.8) is 0 Å². The lowest BCUT2D eigenvalue weighted by atomic mass is 9.99. The summed E-state index contributed by atoms with van der Waals surface area (Å²) in [6.45, 7) is 1.53. The van der Waals surface area contributed by atoms with Crippen molar-refractivity contribution >= 4 is 17.2 Å². The first-order chi connectivity index (χ1) is 9.78. The predicted molar refractivity (Wildman–Crippen MR) is 75.4 cm³/mol. The minimum atomic E-state index is -0.145. The Kier molecular flexibility index (Phi) is 3.52. The lowest BCUT2D eigenvalue weighted by molar-refractivity contribution is 0.0947. The summed E-state index contributed by atoms with van der Waals surface area (Å²) in [6.07, 6.45) is 5.79. The van der Waals surface area contributed by atoms with Crippen LogP contribution in [0.15, 0.2) is 23.8 Å². The molecule has 2 aromatic heterocycles. The number of nitriles is 1. The van der Waals surface area contributed by atoms with Crippen LogP contribution in [0, 0.1) is 17.2 Å². The SMILES string of the molecule is N#Cc1ccsc1C(=O)NCC1CCc2nccn2C1. The van der Waals surface area contributed by atoms with Crippen molar-refractivity contribution in [1.82, 2.24) is 14.9 Å². The van der Waals surface area contributed by atoms with Gasteiger partial charge in [0, 0.05) is 31.9 Å². The Morgan fingerprint density at radius 3 is 3.40 bits per heavy atom. The summed E-state index contributed by atoms with van der Waals surface area (Å²) in [5.74, 6) is 1.40. The van der Waals surface area contributed by atoms with Crippen molar-refractivity contribution in [2.45, 2.75) is 19.4 Å². The number of hydrogen-bond acceptors (Lipinski definition) is 4. The molecule has 5 nitrogen and oxygen atoms in total. The summed E-state index contributed by atoms with van der Waals surface area (Å²) in [7, 11) is 0. The van der Waals surface area contributed by atoms with Gasteiger partial charge >= 0.3 is 0 Å². The summed E-state index contributed by atoms with van der Waals surface area (Å²) in [4.78, 5) is 16.8. The Hall–Kier alpha value is -2.13. The fourth-order valence-corrected chi connectivity index (χ4v) is 3.25. The number of imidazole rings is 1. The molecular weight excluding hydrogens is 272 g/mol. The predicted octanol–water partition coefficient (Wildman–Crippen LogP) is 1.81. The van der Waals surface area contributed by atoms with Gasteiger partial charge in [0.1, 0.15) is 16.8 Å². The highest BCUT2D eigenvalue weighted by atomic mass is 32.1. The molecule has 2 aromatic rings. The molecule has 0 radical (unpaired) electrons. The zero-order valence-electron chi connectivity index (χ0n) is 10.9. The number of aryl methyl sites for hydroxylation is 1. The Bertz CT molecular complexity index is 667. The fraction of sp³-hybridized carbons (Fsp3) is 0.357. The van der Waals surface area contributed by atoms with Crippen LogP contribution < -0.4 is 5.32 Å². The quantitative estimate of drug-likeness (QED) is 0.935. The number of nitrogens with one attached hydrogen (secondary N) is 1. The van der Waals surface area contributed by atoms with Crippen LogP contribution in [0.4, 0.5) is 0 Å². The van der Waals surface area contributed by atoms with Gasteiger partial charge in [0.15, 0.2) is 0 Å². The second-order valence-corrected chi connectivity index (χ2v) is 5.80. The molecule has 0 aliphatic carbocycles. The maximum absolute atomic E-state index is 12.1. The first kappa shape index (κ1) is 12.9. The number of hydrogen-bond donors (Lipinski definition) is 1. The van der Waals surface area contributed by atoms with E-state index in [0.717, 1.165) is 25.2 Å². The highest BCUT2D eigenvalue weighted by molar-refractivity contribution is 7.12. The average molecular weight is 286 g/mol. The van der Waals surface area contributed by atoms with Crippen LogP contribution in [0.3, 0.4) is 0 Å². The van der Waals surface area contributed by atoms with Crippen LogP contribution in [0.2, 0.25) is 0 Å². The average Bonchev–Trinajstić information content (AvgIpc) is 3.12. The van der Waals surface area contributed by atoms with Crippen LogP contribution in [0.1, 0.15) is 27.5 Å². The van der Waals surface area contributed by atoms with Gasteiger partial charge in [-0.25, -0.2) is 4.98 Å². The van der Waals surface area contributed by atoms with Gasteiger partial charge in [-0.05, 0) is 23.8 Å². The van der Waals surface area contributed by atoms with E-state index in [1.807, 2.05) is 18.5 Å². The number of rotatable bonds is 3. The number of nitrogens with zero attached hydrogens (tertiary/aromatic N) is 3. The number of fused-ring (bicyclic) bond motifs is 1. The molecule has 3 rings (SSSR count). The molecule has 0 bridgehead atoms. The van der Waals surface area contributed by atoms with Crippen molar-refractivity contribution < 1.29 is 4.79 Å². The third-order valence-corrected chi connectivity index (χ3v) is 4.49. The molecule has 1 aliphatic rings. The lowest BCUT2D eigenvalue weighted by Gasteiger charge is -2.23. The van der Waals surface area contributed by atoms with E-state index in [1.54, 1.807) is 11.4 Å². The molecule has 1 atom stereocenters. The van der Waals surface area contributed by atoms with Gasteiger partial charge in [-0.1, -0.05) is 0 Å². The molecule has 20 heavy (non-hydrogen) atoms. The maximum Gasteiger partial charge on any atom is 0.262 e. The van der Waals surface area contributed by atoms with E-state index in [-0.39, 0.29) is 5.91 Å². The molecule has 0 spiro atoms. The monoisotopic (exact) mass is 286 g/mol. The zero-order valence-corrected chi connectivity index (χ0v) is 11.7. The molecule has 6 heteroatoms. The first-order valence-electron chi connectivity index (χ1n) is 6.53. The number of amides is 1. The number of thiophene rings is 1. The first-order valence-corrected chi connectivity index (χ1v) is 7.41. The van der Waals surface area contributed by atoms with Gasteiger partial charge in [0.25, 0.3) is 5.91 Å². The Balaban J connectivity index is 1.58. The smallest absolute Gasteiger partial charge is 0.262 e. The zero-order chi connectivity index (χ0) is 13.9. The Labute approximate surface area is 120 Å². The molecule has 0 saturated heterocycles. The normalized spacial score (nSPS) is 17.2. The van der Waals surface area contributed by atoms with Crippen molar-refractivity contribution in [3.05, 3.63) is 40.1 Å². The van der Waals surface area contributed by atoms with Crippen LogP contribution in [0.25, 0.3) is 0 Å². The van der Waals surface area contributed by atoms with Crippen molar-refractivity contribution in [2.75, 3.05) is 6.54 Å². The van der Waals surface area contributed by atoms with Crippen molar-refractivity contribution in [3.8, 4) is 6.07 Å². The van der Waals surface area contributed by atoms with Crippen molar-refractivity contribution in [1.29, 1.82) is 5.26 Å². The minimum Gasteiger partial charge on any atom is -0.351 e. The molecule has 3 heterocycles. The van der Waals surface area contributed by atoms with E-state index in [2.05, 4.69) is 14.9 Å². The third-order valence-electron chi connectivity index (χ3n) is 3.58. The largest absolute Gasteiger partial charge is 0.351 e. The van der Waals surface area contributed by atoms with E-state index in [9.17, 15) is 4.79 Å². The molecule has 0 saturated carbocycles. The van der Waals surface area contributed by atoms with Gasteiger partial charge in [0.2, 0.25) is 0 Å². The summed E-state index contributed by atoms with van der Waals surface area (Å²) in [5.41, 5.74) is 0.452. The number of carbonyl (C=O) groups is 1. The van der Waals surface area contributed by atoms with Gasteiger partial charge in [-0.15, -0.1) is 11.3 Å². The van der Waals surface area contributed by atoms with Crippen LogP contribution >= 0.6 is 11.3 Å². The molecule has 0 fully saturated rings. The van der Waals surface area contributed by atoms with E-state index in [0.29, 0.717) is 22.9 Å². The fourth-order valence-electron chi connectivity index (χ4n) is 2.49. The Morgan fingerprint density at radius 1 is 1.65 bits per heavy atom. The third kappa shape index (κ3) is 2.45. The van der Waals surface area contributed by atoms with Gasteiger partial charge in [-0.3, -0.25) is 4.79 Å². The maximum atomic E-state index is 12.1. The number of aromatic nitrogens is 2. The Morgan fingerprint density at radius 2 is 2.55 bits per heavy atom. The van der Waals surface area contributed by atoms with Crippen LogP contribution in [-0.2, 0) is 13.0 Å². The van der Waals surface area contributed by atoms with Crippen molar-refractivity contribution in [2.24, 2.45) is 5.92 Å². The summed E-state index contributed by atoms with van der Waals surface area (Å²) >= 11 is 1.31. The molecule has 1 unspecified atom stereocenters. The second kappa shape index (κ2) is 5.47. The van der Waals surface area contributed by atoms with E-state index < -0.39 is 0 Å². The summed E-state index contributed by atoms with van der Waals surface area (Å²) < 4.78 is 2.15. The van der Waals surface area contributed by atoms with Crippen LogP contribution in [-0.4, -0.2) is 22.0 Å². The molecule has 1 aliphatic heterocycles. The topological polar surface area (TPSA) is 70.7 Å². The van der Waals surface area contributed by atoms with E-state index in [4.69, 9.17) is 5.26 Å². The molecule has 1 amide bonds. The highest BCUT2D eigenvalue weighted by Crippen LogP contribution is 2.19.